The van der Waals surface area contributed by atoms with Crippen molar-refractivity contribution in [1.82, 2.24) is 10.2 Å². The van der Waals surface area contributed by atoms with Crippen LogP contribution >= 0.6 is 27.3 Å². The van der Waals surface area contributed by atoms with Gasteiger partial charge in [0.2, 0.25) is 5.13 Å². The molecule has 24 heavy (non-hydrogen) atoms. The second kappa shape index (κ2) is 7.55. The topological polar surface area (TPSA) is 66.9 Å². The Morgan fingerprint density at radius 1 is 1.12 bits per heavy atom. The number of nitrogens with zero attached hydrogens (tertiary/aromatic N) is 2. The number of halogens is 1. The number of urea groups is 1. The molecular formula is C17H15BrN4OS. The molecule has 2 aromatic carbocycles. The zero-order valence-corrected chi connectivity index (χ0v) is 15.3. The molecule has 3 rings (SSSR count). The highest BCUT2D eigenvalue weighted by molar-refractivity contribution is 9.10. The number of benzene rings is 2. The molecule has 0 fully saturated rings. The van der Waals surface area contributed by atoms with Crippen molar-refractivity contribution in [2.75, 3.05) is 10.6 Å². The van der Waals surface area contributed by atoms with Crippen LogP contribution in [0.25, 0.3) is 0 Å². The van der Waals surface area contributed by atoms with Crippen molar-refractivity contribution >= 4 is 44.1 Å². The molecule has 0 aliphatic rings. The van der Waals surface area contributed by atoms with Gasteiger partial charge in [-0.05, 0) is 36.8 Å². The van der Waals surface area contributed by atoms with Crippen LogP contribution in [0.4, 0.5) is 15.6 Å². The highest BCUT2D eigenvalue weighted by Crippen LogP contribution is 2.20. The van der Waals surface area contributed by atoms with E-state index in [1.54, 1.807) is 0 Å². The lowest BCUT2D eigenvalue weighted by Gasteiger charge is -2.05. The SMILES string of the molecule is Cc1ccc(NC(=O)Nc2nnc(Cc3cccc(Br)c3)s2)cc1. The summed E-state index contributed by atoms with van der Waals surface area (Å²) in [7, 11) is 0. The van der Waals surface area contributed by atoms with Gasteiger partial charge in [0, 0.05) is 16.6 Å². The molecule has 0 spiro atoms. The van der Waals surface area contributed by atoms with E-state index in [9.17, 15) is 4.79 Å². The van der Waals surface area contributed by atoms with Crippen molar-refractivity contribution in [1.29, 1.82) is 0 Å². The summed E-state index contributed by atoms with van der Waals surface area (Å²) < 4.78 is 1.03. The minimum atomic E-state index is -0.330. The molecule has 0 radical (unpaired) electrons. The maximum absolute atomic E-state index is 12.0. The van der Waals surface area contributed by atoms with E-state index >= 15 is 0 Å². The normalized spacial score (nSPS) is 10.4. The monoisotopic (exact) mass is 402 g/mol. The molecule has 1 heterocycles. The molecule has 5 nitrogen and oxygen atoms in total. The van der Waals surface area contributed by atoms with E-state index in [0.29, 0.717) is 11.6 Å². The Labute approximate surface area is 152 Å². The molecule has 2 amide bonds. The Morgan fingerprint density at radius 3 is 2.67 bits per heavy atom. The van der Waals surface area contributed by atoms with Gasteiger partial charge in [0.25, 0.3) is 0 Å². The third-order valence-electron chi connectivity index (χ3n) is 3.24. The molecule has 122 valence electrons. The van der Waals surface area contributed by atoms with Gasteiger partial charge < -0.3 is 5.32 Å². The predicted molar refractivity (Wildman–Crippen MR) is 101 cm³/mol. The van der Waals surface area contributed by atoms with Gasteiger partial charge >= 0.3 is 6.03 Å². The number of aromatic nitrogens is 2. The fourth-order valence-corrected chi connectivity index (χ4v) is 3.31. The Morgan fingerprint density at radius 2 is 1.92 bits per heavy atom. The van der Waals surface area contributed by atoms with Crippen LogP contribution in [0.3, 0.4) is 0 Å². The van der Waals surface area contributed by atoms with Crippen molar-refractivity contribution < 1.29 is 4.79 Å². The summed E-state index contributed by atoms with van der Waals surface area (Å²) in [6, 6.07) is 15.3. The number of nitrogens with one attached hydrogen (secondary N) is 2. The molecular weight excluding hydrogens is 388 g/mol. The van der Waals surface area contributed by atoms with Gasteiger partial charge in [0.05, 0.1) is 0 Å². The first kappa shape index (κ1) is 16.6. The van der Waals surface area contributed by atoms with Crippen LogP contribution in [0.2, 0.25) is 0 Å². The van der Waals surface area contributed by atoms with Crippen LogP contribution < -0.4 is 10.6 Å². The van der Waals surface area contributed by atoms with Gasteiger partial charge in [-0.15, -0.1) is 10.2 Å². The van der Waals surface area contributed by atoms with E-state index in [2.05, 4.69) is 36.8 Å². The van der Waals surface area contributed by atoms with Gasteiger partial charge in [-0.25, -0.2) is 4.79 Å². The maximum Gasteiger partial charge on any atom is 0.325 e. The highest BCUT2D eigenvalue weighted by Gasteiger charge is 2.09. The molecule has 2 N–H and O–H groups in total. The van der Waals surface area contributed by atoms with Crippen LogP contribution in [-0.2, 0) is 6.42 Å². The largest absolute Gasteiger partial charge is 0.325 e. The van der Waals surface area contributed by atoms with Gasteiger partial charge in [-0.2, -0.15) is 0 Å². The molecule has 0 atom stereocenters. The summed E-state index contributed by atoms with van der Waals surface area (Å²) in [5.41, 5.74) is 3.01. The molecule has 1 aromatic heterocycles. The zero-order valence-electron chi connectivity index (χ0n) is 12.9. The fourth-order valence-electron chi connectivity index (χ4n) is 2.09. The zero-order chi connectivity index (χ0) is 16.9. The van der Waals surface area contributed by atoms with Gasteiger partial charge in [-0.1, -0.05) is 57.1 Å². The van der Waals surface area contributed by atoms with Crippen molar-refractivity contribution in [3.8, 4) is 0 Å². The smallest absolute Gasteiger partial charge is 0.308 e. The number of carbonyl (C=O) groups is 1. The number of carbonyl (C=O) groups excluding carboxylic acids is 1. The molecule has 3 aromatic rings. The summed E-state index contributed by atoms with van der Waals surface area (Å²) in [4.78, 5) is 12.0. The van der Waals surface area contributed by atoms with Crippen LogP contribution in [0, 0.1) is 6.92 Å². The summed E-state index contributed by atoms with van der Waals surface area (Å²) >= 11 is 4.82. The first-order valence-electron chi connectivity index (χ1n) is 7.30. The van der Waals surface area contributed by atoms with Crippen LogP contribution in [0.5, 0.6) is 0 Å². The fraction of sp³-hybridized carbons (Fsp3) is 0.118. The summed E-state index contributed by atoms with van der Waals surface area (Å²) in [6.07, 6.45) is 0.679. The molecule has 0 bridgehead atoms. The Bertz CT molecular complexity index is 848. The number of rotatable bonds is 4. The average molecular weight is 403 g/mol. The van der Waals surface area contributed by atoms with E-state index in [0.717, 1.165) is 26.3 Å². The predicted octanol–water partition coefficient (Wildman–Crippen LogP) is 4.84. The molecule has 0 unspecified atom stereocenters. The van der Waals surface area contributed by atoms with E-state index in [4.69, 9.17) is 0 Å². The number of hydrogen-bond donors (Lipinski definition) is 2. The van der Waals surface area contributed by atoms with Crippen molar-refractivity contribution in [3.63, 3.8) is 0 Å². The van der Waals surface area contributed by atoms with Crippen molar-refractivity contribution in [3.05, 3.63) is 69.1 Å². The third kappa shape index (κ3) is 4.62. The second-order valence-electron chi connectivity index (χ2n) is 5.25. The number of aryl methyl sites for hydroxylation is 1. The summed E-state index contributed by atoms with van der Waals surface area (Å²) in [5, 5.41) is 14.9. The Hall–Kier alpha value is -2.25. The van der Waals surface area contributed by atoms with Crippen molar-refractivity contribution in [2.24, 2.45) is 0 Å². The number of amides is 2. The van der Waals surface area contributed by atoms with Gasteiger partial charge in [0.1, 0.15) is 5.01 Å². The van der Waals surface area contributed by atoms with Crippen LogP contribution in [0.15, 0.2) is 53.0 Å². The lowest BCUT2D eigenvalue weighted by atomic mass is 10.2. The van der Waals surface area contributed by atoms with Crippen LogP contribution in [0.1, 0.15) is 16.1 Å². The van der Waals surface area contributed by atoms with Gasteiger partial charge in [-0.3, -0.25) is 5.32 Å². The van der Waals surface area contributed by atoms with Crippen LogP contribution in [-0.4, -0.2) is 16.2 Å². The maximum atomic E-state index is 12.0. The molecule has 0 aliphatic carbocycles. The van der Waals surface area contributed by atoms with E-state index in [-0.39, 0.29) is 6.03 Å². The first-order valence-corrected chi connectivity index (χ1v) is 8.91. The molecule has 0 aliphatic heterocycles. The standard InChI is InChI=1S/C17H15BrN4OS/c1-11-5-7-14(8-6-11)19-16(23)20-17-22-21-15(24-17)10-12-3-2-4-13(18)9-12/h2-9H,10H2,1H3,(H2,19,20,22,23). The lowest BCUT2D eigenvalue weighted by Crippen LogP contribution is -2.19. The second-order valence-corrected chi connectivity index (χ2v) is 7.23. The van der Waals surface area contributed by atoms with E-state index < -0.39 is 0 Å². The Balaban J connectivity index is 1.59. The third-order valence-corrected chi connectivity index (χ3v) is 4.57. The first-order chi connectivity index (χ1) is 11.6. The molecule has 0 saturated heterocycles. The van der Waals surface area contributed by atoms with Crippen molar-refractivity contribution in [2.45, 2.75) is 13.3 Å². The van der Waals surface area contributed by atoms with E-state index in [1.165, 1.54) is 11.3 Å². The van der Waals surface area contributed by atoms with Gasteiger partial charge in [0.15, 0.2) is 0 Å². The minimum Gasteiger partial charge on any atom is -0.308 e. The Kier molecular flexibility index (Phi) is 5.22. The quantitative estimate of drug-likeness (QED) is 0.655. The number of hydrogen-bond acceptors (Lipinski definition) is 4. The summed E-state index contributed by atoms with van der Waals surface area (Å²) in [5.74, 6) is 0. The summed E-state index contributed by atoms with van der Waals surface area (Å²) in [6.45, 7) is 2.00. The van der Waals surface area contributed by atoms with E-state index in [1.807, 2.05) is 55.5 Å². The minimum absolute atomic E-state index is 0.330. The lowest BCUT2D eigenvalue weighted by molar-refractivity contribution is 0.262. The molecule has 0 saturated carbocycles. The molecule has 7 heteroatoms. The number of anilines is 2. The highest BCUT2D eigenvalue weighted by atomic mass is 79.9. The average Bonchev–Trinajstić information content (AvgIpc) is 2.96.